The molecule has 3 rings (SSSR count). The number of aryl methyl sites for hydroxylation is 1. The van der Waals surface area contributed by atoms with Crippen molar-refractivity contribution >= 4 is 17.4 Å². The van der Waals surface area contributed by atoms with Crippen LogP contribution in [0.25, 0.3) is 5.70 Å². The summed E-state index contributed by atoms with van der Waals surface area (Å²) in [5.74, 6) is -0.714. The lowest BCUT2D eigenvalue weighted by Crippen LogP contribution is -2.37. The van der Waals surface area contributed by atoms with Gasteiger partial charge in [-0.05, 0) is 42.9 Å². The molecule has 0 bridgehead atoms. The Morgan fingerprint density at radius 3 is 2.55 bits per heavy atom. The first-order chi connectivity index (χ1) is 14.9. The molecule has 0 aliphatic carbocycles. The lowest BCUT2D eigenvalue weighted by Gasteiger charge is -2.26. The molecule has 1 heterocycles. The second-order valence-corrected chi connectivity index (χ2v) is 7.87. The van der Waals surface area contributed by atoms with Crippen LogP contribution >= 0.6 is 0 Å². The van der Waals surface area contributed by atoms with Crippen LogP contribution in [-0.4, -0.2) is 35.8 Å². The van der Waals surface area contributed by atoms with Gasteiger partial charge < -0.3 is 22.1 Å². The summed E-state index contributed by atoms with van der Waals surface area (Å²) >= 11 is 0. The average Bonchev–Trinajstić information content (AvgIpc) is 2.74. The summed E-state index contributed by atoms with van der Waals surface area (Å²) in [6.07, 6.45) is 4.55. The predicted octanol–water partition coefficient (Wildman–Crippen LogP) is 2.04. The number of amides is 1. The van der Waals surface area contributed by atoms with Crippen LogP contribution < -0.4 is 17.2 Å². The fraction of sp³-hybridized carbons (Fsp3) is 0.292. The number of nitriles is 1. The van der Waals surface area contributed by atoms with Crippen LogP contribution in [-0.2, 0) is 11.2 Å². The molecule has 0 radical (unpaired) electrons. The number of hydrogen-bond acceptors (Lipinski definition) is 5. The van der Waals surface area contributed by atoms with Gasteiger partial charge in [0, 0.05) is 6.54 Å². The summed E-state index contributed by atoms with van der Waals surface area (Å²) < 4.78 is 0. The van der Waals surface area contributed by atoms with Crippen LogP contribution in [0.2, 0.25) is 0 Å². The Bertz CT molecular complexity index is 1050. The van der Waals surface area contributed by atoms with E-state index in [1.54, 1.807) is 4.90 Å². The molecular weight excluding hydrogens is 388 g/mol. The number of aliphatic imine (C=N–C) groups is 1. The lowest BCUT2D eigenvalue weighted by atomic mass is 9.99. The summed E-state index contributed by atoms with van der Waals surface area (Å²) in [5, 5.41) is 9.10. The number of amidine groups is 1. The Balaban J connectivity index is 1.82. The van der Waals surface area contributed by atoms with Gasteiger partial charge in [0.25, 0.3) is 5.91 Å². The summed E-state index contributed by atoms with van der Waals surface area (Å²) in [6.45, 7) is 3.25. The molecule has 1 aliphatic heterocycles. The molecule has 7 nitrogen and oxygen atoms in total. The van der Waals surface area contributed by atoms with E-state index >= 15 is 0 Å². The molecule has 0 saturated carbocycles. The number of piperidine rings is 1. The average molecular weight is 417 g/mol. The van der Waals surface area contributed by atoms with Crippen molar-refractivity contribution in [2.75, 3.05) is 13.1 Å². The third-order valence-electron chi connectivity index (χ3n) is 5.39. The molecule has 0 spiro atoms. The number of likely N-dealkylation sites (tertiary alicyclic amines) is 1. The van der Waals surface area contributed by atoms with Crippen molar-refractivity contribution in [2.45, 2.75) is 32.2 Å². The summed E-state index contributed by atoms with van der Waals surface area (Å²) in [7, 11) is 0. The second kappa shape index (κ2) is 9.81. The number of carbonyl (C=O) groups excluding carboxylic acids is 1. The molecule has 2 aromatic rings. The van der Waals surface area contributed by atoms with E-state index in [-0.39, 0.29) is 23.1 Å². The highest BCUT2D eigenvalue weighted by atomic mass is 16.1. The third kappa shape index (κ3) is 5.64. The van der Waals surface area contributed by atoms with E-state index in [1.165, 1.54) is 11.1 Å². The molecule has 0 aromatic heterocycles. The highest BCUT2D eigenvalue weighted by molar-refractivity contribution is 6.24. The van der Waals surface area contributed by atoms with Gasteiger partial charge in [-0.2, -0.15) is 5.26 Å². The van der Waals surface area contributed by atoms with Crippen LogP contribution in [0.5, 0.6) is 0 Å². The first kappa shape index (κ1) is 21.9. The molecule has 7 heteroatoms. The van der Waals surface area contributed by atoms with Crippen LogP contribution in [0.3, 0.4) is 0 Å². The maximum absolute atomic E-state index is 12.1. The Morgan fingerprint density at radius 2 is 1.90 bits per heavy atom. The summed E-state index contributed by atoms with van der Waals surface area (Å²) in [6, 6.07) is 15.9. The summed E-state index contributed by atoms with van der Waals surface area (Å²) in [5.41, 5.74) is 22.4. The van der Waals surface area contributed by atoms with Crippen LogP contribution in [0.1, 0.15) is 35.1 Å². The number of nitrogens with zero attached hydrogens (tertiary/aromatic N) is 3. The number of hydrogen-bond donors (Lipinski definition) is 3. The van der Waals surface area contributed by atoms with Crippen LogP contribution in [0.15, 0.2) is 59.1 Å². The fourth-order valence-electron chi connectivity index (χ4n) is 3.81. The highest BCUT2D eigenvalue weighted by Crippen LogP contribution is 2.19. The van der Waals surface area contributed by atoms with Crippen molar-refractivity contribution in [2.24, 2.45) is 22.2 Å². The third-order valence-corrected chi connectivity index (χ3v) is 5.39. The SMILES string of the molecule is Cc1cccc(Cc2ccc(C(N)=C(C(N)=O)C(N)=NC3CCCN(C#N)C3)cc2)c1. The molecule has 160 valence electrons. The number of carbonyl (C=O) groups is 1. The van der Waals surface area contributed by atoms with E-state index in [0.717, 1.165) is 24.8 Å². The van der Waals surface area contributed by atoms with Gasteiger partial charge in [-0.25, -0.2) is 0 Å². The van der Waals surface area contributed by atoms with E-state index in [9.17, 15) is 4.79 Å². The summed E-state index contributed by atoms with van der Waals surface area (Å²) in [4.78, 5) is 18.2. The molecule has 1 aliphatic rings. The number of nitrogens with two attached hydrogens (primary N) is 3. The van der Waals surface area contributed by atoms with Gasteiger partial charge in [-0.1, -0.05) is 54.1 Å². The van der Waals surface area contributed by atoms with Crippen molar-refractivity contribution in [1.29, 1.82) is 5.26 Å². The largest absolute Gasteiger partial charge is 0.397 e. The van der Waals surface area contributed by atoms with Crippen molar-refractivity contribution in [3.05, 3.63) is 76.4 Å². The minimum absolute atomic E-state index is 0.0126. The van der Waals surface area contributed by atoms with Crippen LogP contribution in [0.4, 0.5) is 0 Å². The molecule has 1 amide bonds. The molecule has 1 fully saturated rings. The Hall–Kier alpha value is -3.79. The second-order valence-electron chi connectivity index (χ2n) is 7.87. The molecular formula is C24H28N6O. The van der Waals surface area contributed by atoms with Crippen molar-refractivity contribution in [1.82, 2.24) is 4.90 Å². The maximum atomic E-state index is 12.1. The lowest BCUT2D eigenvalue weighted by molar-refractivity contribution is -0.114. The number of primary amides is 1. The Kier molecular flexibility index (Phi) is 6.93. The minimum atomic E-state index is -0.726. The van der Waals surface area contributed by atoms with E-state index in [4.69, 9.17) is 22.5 Å². The van der Waals surface area contributed by atoms with E-state index in [2.05, 4.69) is 36.3 Å². The van der Waals surface area contributed by atoms with Gasteiger partial charge in [-0.15, -0.1) is 0 Å². The van der Waals surface area contributed by atoms with Crippen molar-refractivity contribution in [3.63, 3.8) is 0 Å². The zero-order valence-corrected chi connectivity index (χ0v) is 17.7. The molecule has 1 unspecified atom stereocenters. The van der Waals surface area contributed by atoms with Crippen molar-refractivity contribution in [3.8, 4) is 6.19 Å². The Labute approximate surface area is 182 Å². The molecule has 1 saturated heterocycles. The molecule has 31 heavy (non-hydrogen) atoms. The highest BCUT2D eigenvalue weighted by Gasteiger charge is 2.22. The van der Waals surface area contributed by atoms with Gasteiger partial charge in [-0.3, -0.25) is 9.79 Å². The van der Waals surface area contributed by atoms with E-state index < -0.39 is 5.91 Å². The number of benzene rings is 2. The number of rotatable bonds is 6. The zero-order valence-electron chi connectivity index (χ0n) is 17.7. The van der Waals surface area contributed by atoms with E-state index in [1.807, 2.05) is 30.3 Å². The van der Waals surface area contributed by atoms with Crippen LogP contribution in [0, 0.1) is 18.4 Å². The monoisotopic (exact) mass is 416 g/mol. The van der Waals surface area contributed by atoms with Gasteiger partial charge >= 0.3 is 0 Å². The molecule has 6 N–H and O–H groups in total. The van der Waals surface area contributed by atoms with Crippen molar-refractivity contribution < 1.29 is 4.79 Å². The Morgan fingerprint density at radius 1 is 1.16 bits per heavy atom. The minimum Gasteiger partial charge on any atom is -0.397 e. The molecule has 1 atom stereocenters. The van der Waals surface area contributed by atoms with Gasteiger partial charge in [0.2, 0.25) is 0 Å². The normalized spacial score (nSPS) is 17.6. The predicted molar refractivity (Wildman–Crippen MR) is 123 cm³/mol. The standard InChI is InChI=1S/C24H28N6O/c1-16-4-2-5-18(12-16)13-17-7-9-19(10-8-17)22(26)21(24(28)31)23(27)29-20-6-3-11-30(14-20)15-25/h2,4-5,7-10,12,20H,3,6,11,13-14,26H2,1H3,(H2,27,29)(H2,28,31). The van der Waals surface area contributed by atoms with Gasteiger partial charge in [0.1, 0.15) is 11.4 Å². The van der Waals surface area contributed by atoms with E-state index in [0.29, 0.717) is 18.7 Å². The zero-order chi connectivity index (χ0) is 22.4. The smallest absolute Gasteiger partial charge is 0.254 e. The quantitative estimate of drug-likeness (QED) is 0.287. The topological polar surface area (TPSA) is 135 Å². The van der Waals surface area contributed by atoms with Gasteiger partial charge in [0.05, 0.1) is 18.3 Å². The fourth-order valence-corrected chi connectivity index (χ4v) is 3.81. The molecule has 2 aromatic carbocycles. The first-order valence-electron chi connectivity index (χ1n) is 10.3. The maximum Gasteiger partial charge on any atom is 0.254 e. The van der Waals surface area contributed by atoms with Gasteiger partial charge in [0.15, 0.2) is 6.19 Å². The first-order valence-corrected chi connectivity index (χ1v) is 10.3.